The summed E-state index contributed by atoms with van der Waals surface area (Å²) < 4.78 is 14.1. The lowest BCUT2D eigenvalue weighted by Crippen LogP contribution is -2.36. The molecule has 3 aromatic heterocycles. The number of imidazole rings is 1. The Morgan fingerprint density at radius 1 is 1.06 bits per heavy atom. The Morgan fingerprint density at radius 3 is 2.58 bits per heavy atom. The zero-order valence-corrected chi connectivity index (χ0v) is 21.6. The third-order valence-electron chi connectivity index (χ3n) is 6.67. The van der Waals surface area contributed by atoms with Gasteiger partial charge in [-0.25, -0.2) is 9.97 Å². The number of anilines is 1. The van der Waals surface area contributed by atoms with Crippen LogP contribution in [-0.4, -0.2) is 47.3 Å². The first kappa shape index (κ1) is 24.3. The summed E-state index contributed by atoms with van der Waals surface area (Å²) in [4.78, 5) is 11.7. The lowest BCUT2D eigenvalue weighted by Gasteiger charge is -2.28. The van der Waals surface area contributed by atoms with Gasteiger partial charge in [-0.1, -0.05) is 37.6 Å². The van der Waals surface area contributed by atoms with E-state index in [1.165, 1.54) is 11.1 Å². The molecule has 7 heteroatoms. The third-order valence-corrected chi connectivity index (χ3v) is 6.67. The fourth-order valence-corrected chi connectivity index (χ4v) is 4.83. The van der Waals surface area contributed by atoms with Gasteiger partial charge in [0.25, 0.3) is 0 Å². The van der Waals surface area contributed by atoms with Gasteiger partial charge < -0.3 is 20.1 Å². The van der Waals surface area contributed by atoms with Gasteiger partial charge in [-0.15, -0.1) is 0 Å². The second-order valence-corrected chi connectivity index (χ2v) is 9.92. The van der Waals surface area contributed by atoms with E-state index >= 15 is 0 Å². The highest BCUT2D eigenvalue weighted by Gasteiger charge is 2.21. The van der Waals surface area contributed by atoms with Crippen LogP contribution < -0.4 is 15.4 Å². The number of hydrogen-bond donors (Lipinski definition) is 1. The van der Waals surface area contributed by atoms with Crippen LogP contribution in [0.25, 0.3) is 28.0 Å². The highest BCUT2D eigenvalue weighted by molar-refractivity contribution is 5.79. The first-order valence-electron chi connectivity index (χ1n) is 12.7. The van der Waals surface area contributed by atoms with E-state index < -0.39 is 0 Å². The maximum absolute atomic E-state index is 6.40. The van der Waals surface area contributed by atoms with Crippen molar-refractivity contribution in [3.8, 4) is 28.1 Å². The van der Waals surface area contributed by atoms with E-state index in [-0.39, 0.29) is 0 Å². The summed E-state index contributed by atoms with van der Waals surface area (Å²) in [6.07, 6.45) is 5.95. The number of benzene rings is 1. The van der Waals surface area contributed by atoms with Crippen LogP contribution in [-0.2, 0) is 11.3 Å². The van der Waals surface area contributed by atoms with Crippen molar-refractivity contribution in [2.75, 3.05) is 37.8 Å². The van der Waals surface area contributed by atoms with E-state index in [0.29, 0.717) is 19.1 Å². The van der Waals surface area contributed by atoms with Crippen LogP contribution in [0.5, 0.6) is 5.75 Å². The van der Waals surface area contributed by atoms with Gasteiger partial charge >= 0.3 is 0 Å². The molecule has 1 saturated heterocycles. The second-order valence-electron chi connectivity index (χ2n) is 9.92. The Hall–Kier alpha value is -3.42. The molecule has 4 aromatic rings. The van der Waals surface area contributed by atoms with Crippen LogP contribution in [0.2, 0.25) is 0 Å². The van der Waals surface area contributed by atoms with E-state index in [2.05, 4.69) is 72.4 Å². The van der Waals surface area contributed by atoms with Gasteiger partial charge in [-0.05, 0) is 43.0 Å². The minimum Gasteiger partial charge on any atom is -0.489 e. The first-order valence-corrected chi connectivity index (χ1v) is 12.7. The standard InChI is InChI=1S/C29H35N5O2/c1-19(2)18-36-28-24(15-30)25(23-6-5-20(3)13-21(23)4)17-34-26(16-32-29(28)34)22-7-8-31-27(14-22)33-9-11-35-12-10-33/h5-8,13-14,16-17,19H,9-12,15,18,30H2,1-4H3. The van der Waals surface area contributed by atoms with Gasteiger partial charge in [0.15, 0.2) is 11.4 Å². The molecule has 1 aliphatic rings. The Morgan fingerprint density at radius 2 is 1.86 bits per heavy atom. The van der Waals surface area contributed by atoms with Gasteiger partial charge in [-0.3, -0.25) is 4.40 Å². The minimum absolute atomic E-state index is 0.366. The summed E-state index contributed by atoms with van der Waals surface area (Å²) >= 11 is 0. The zero-order chi connectivity index (χ0) is 25.2. The molecule has 0 saturated carbocycles. The Balaban J connectivity index is 1.69. The van der Waals surface area contributed by atoms with E-state index in [9.17, 15) is 0 Å². The van der Waals surface area contributed by atoms with Crippen LogP contribution in [0.15, 0.2) is 48.9 Å². The molecule has 1 aromatic carbocycles. The summed E-state index contributed by atoms with van der Waals surface area (Å²) in [5, 5.41) is 0. The Bertz CT molecular complexity index is 1370. The molecule has 0 radical (unpaired) electrons. The maximum Gasteiger partial charge on any atom is 0.180 e. The molecule has 36 heavy (non-hydrogen) atoms. The topological polar surface area (TPSA) is 77.9 Å². The molecule has 0 bridgehead atoms. The molecule has 0 atom stereocenters. The van der Waals surface area contributed by atoms with Crippen molar-refractivity contribution in [3.05, 3.63) is 65.6 Å². The average molecular weight is 486 g/mol. The van der Waals surface area contributed by atoms with Gasteiger partial charge in [0.05, 0.1) is 31.7 Å². The zero-order valence-electron chi connectivity index (χ0n) is 21.6. The number of rotatable bonds is 7. The molecule has 0 spiro atoms. The highest BCUT2D eigenvalue weighted by Crippen LogP contribution is 2.38. The second kappa shape index (κ2) is 10.3. The Kier molecular flexibility index (Phi) is 6.94. The molecular weight excluding hydrogens is 450 g/mol. The number of aromatic nitrogens is 3. The van der Waals surface area contributed by atoms with Gasteiger partial charge in [-0.2, -0.15) is 0 Å². The number of morpholine rings is 1. The minimum atomic E-state index is 0.366. The molecule has 5 rings (SSSR count). The molecule has 2 N–H and O–H groups in total. The highest BCUT2D eigenvalue weighted by atomic mass is 16.5. The van der Waals surface area contributed by atoms with Crippen LogP contribution >= 0.6 is 0 Å². The normalized spacial score (nSPS) is 14.1. The first-order chi connectivity index (χ1) is 17.5. The number of fused-ring (bicyclic) bond motifs is 1. The smallest absolute Gasteiger partial charge is 0.180 e. The summed E-state index contributed by atoms with van der Waals surface area (Å²) in [6, 6.07) is 10.7. The largest absolute Gasteiger partial charge is 0.489 e. The lowest BCUT2D eigenvalue weighted by atomic mass is 9.95. The van der Waals surface area contributed by atoms with E-state index in [4.69, 9.17) is 20.2 Å². The number of pyridine rings is 2. The van der Waals surface area contributed by atoms with Gasteiger partial charge in [0, 0.05) is 48.7 Å². The number of nitrogens with two attached hydrogens (primary N) is 1. The Labute approximate surface area is 212 Å². The molecule has 1 fully saturated rings. The fourth-order valence-electron chi connectivity index (χ4n) is 4.83. The van der Waals surface area contributed by atoms with Crippen molar-refractivity contribution in [2.24, 2.45) is 11.7 Å². The summed E-state index contributed by atoms with van der Waals surface area (Å²) in [6.45, 7) is 12.6. The van der Waals surface area contributed by atoms with E-state index in [1.54, 1.807) is 0 Å². The van der Waals surface area contributed by atoms with Crippen LogP contribution in [0.1, 0.15) is 30.5 Å². The summed E-state index contributed by atoms with van der Waals surface area (Å²) in [7, 11) is 0. The third kappa shape index (κ3) is 4.68. The molecular formula is C29H35N5O2. The van der Waals surface area contributed by atoms with Gasteiger partial charge in [0.1, 0.15) is 5.82 Å². The quantitative estimate of drug-likeness (QED) is 0.396. The van der Waals surface area contributed by atoms with Crippen molar-refractivity contribution < 1.29 is 9.47 Å². The van der Waals surface area contributed by atoms with Crippen LogP contribution in [0.3, 0.4) is 0 Å². The predicted octanol–water partition coefficient (Wildman–Crippen LogP) is 5.01. The summed E-state index contributed by atoms with van der Waals surface area (Å²) in [5.41, 5.74) is 14.8. The molecule has 0 aliphatic carbocycles. The average Bonchev–Trinajstić information content (AvgIpc) is 3.31. The van der Waals surface area contributed by atoms with Crippen molar-refractivity contribution in [2.45, 2.75) is 34.2 Å². The van der Waals surface area contributed by atoms with Crippen molar-refractivity contribution in [1.29, 1.82) is 0 Å². The van der Waals surface area contributed by atoms with Crippen LogP contribution in [0.4, 0.5) is 5.82 Å². The number of ether oxygens (including phenoxy) is 2. The maximum atomic E-state index is 6.40. The van der Waals surface area contributed by atoms with E-state index in [1.807, 2.05) is 18.5 Å². The van der Waals surface area contributed by atoms with Crippen LogP contribution in [0, 0.1) is 19.8 Å². The van der Waals surface area contributed by atoms with Crippen molar-refractivity contribution in [1.82, 2.24) is 14.4 Å². The van der Waals surface area contributed by atoms with Gasteiger partial charge in [0.2, 0.25) is 0 Å². The molecule has 188 valence electrons. The van der Waals surface area contributed by atoms with Crippen molar-refractivity contribution >= 4 is 11.5 Å². The molecule has 0 unspecified atom stereocenters. The predicted molar refractivity (Wildman–Crippen MR) is 145 cm³/mol. The molecule has 0 amide bonds. The number of aryl methyl sites for hydroxylation is 2. The SMILES string of the molecule is Cc1ccc(-c2cn3c(-c4ccnc(N5CCOCC5)c4)cnc3c(OCC(C)C)c2CN)c(C)c1. The van der Waals surface area contributed by atoms with Crippen molar-refractivity contribution in [3.63, 3.8) is 0 Å². The summed E-state index contributed by atoms with van der Waals surface area (Å²) in [5.74, 6) is 2.10. The number of nitrogens with zero attached hydrogens (tertiary/aromatic N) is 4. The number of hydrogen-bond acceptors (Lipinski definition) is 6. The van der Waals surface area contributed by atoms with E-state index in [0.717, 1.165) is 71.5 Å². The molecule has 4 heterocycles. The monoisotopic (exact) mass is 485 g/mol. The molecule has 1 aliphatic heterocycles. The lowest BCUT2D eigenvalue weighted by molar-refractivity contribution is 0.122. The molecule has 7 nitrogen and oxygen atoms in total. The fraction of sp³-hybridized carbons (Fsp3) is 0.379.